The SMILES string of the molecule is CCCC1(N)CCCCC1N. The minimum absolute atomic E-state index is 0.0347. The lowest BCUT2D eigenvalue weighted by Crippen LogP contribution is -2.56. The second-order valence-corrected chi connectivity index (χ2v) is 3.84. The highest BCUT2D eigenvalue weighted by molar-refractivity contribution is 4.96. The lowest BCUT2D eigenvalue weighted by atomic mass is 9.76. The first-order valence-corrected chi connectivity index (χ1v) is 4.73. The van der Waals surface area contributed by atoms with E-state index in [1.165, 1.54) is 12.8 Å². The second-order valence-electron chi connectivity index (χ2n) is 3.84. The molecule has 1 aliphatic carbocycles. The zero-order valence-corrected chi connectivity index (χ0v) is 7.47. The summed E-state index contributed by atoms with van der Waals surface area (Å²) in [6, 6.07) is 0.246. The Bertz CT molecular complexity index is 121. The van der Waals surface area contributed by atoms with Gasteiger partial charge in [-0.05, 0) is 19.3 Å². The van der Waals surface area contributed by atoms with Crippen LogP contribution in [0.2, 0.25) is 0 Å². The van der Waals surface area contributed by atoms with Crippen LogP contribution >= 0.6 is 0 Å². The first-order chi connectivity index (χ1) is 5.19. The lowest BCUT2D eigenvalue weighted by molar-refractivity contribution is 0.235. The van der Waals surface area contributed by atoms with Crippen LogP contribution in [-0.4, -0.2) is 11.6 Å². The zero-order chi connectivity index (χ0) is 8.32. The Morgan fingerprint density at radius 3 is 2.73 bits per heavy atom. The van der Waals surface area contributed by atoms with Crippen LogP contribution in [0.3, 0.4) is 0 Å². The van der Waals surface area contributed by atoms with Crippen molar-refractivity contribution >= 4 is 0 Å². The predicted octanol–water partition coefficient (Wildman–Crippen LogP) is 1.39. The first-order valence-electron chi connectivity index (χ1n) is 4.73. The maximum Gasteiger partial charge on any atom is 0.0307 e. The molecule has 0 heterocycles. The van der Waals surface area contributed by atoms with Gasteiger partial charge in [0, 0.05) is 11.6 Å². The molecule has 1 fully saturated rings. The van der Waals surface area contributed by atoms with Gasteiger partial charge in [-0.2, -0.15) is 0 Å². The largest absolute Gasteiger partial charge is 0.326 e. The molecule has 0 aliphatic heterocycles. The van der Waals surface area contributed by atoms with Gasteiger partial charge in [0.15, 0.2) is 0 Å². The van der Waals surface area contributed by atoms with Crippen LogP contribution in [0.5, 0.6) is 0 Å². The van der Waals surface area contributed by atoms with Crippen LogP contribution in [0.15, 0.2) is 0 Å². The molecule has 2 atom stereocenters. The van der Waals surface area contributed by atoms with Gasteiger partial charge in [-0.3, -0.25) is 0 Å². The van der Waals surface area contributed by atoms with Crippen molar-refractivity contribution in [2.45, 2.75) is 57.0 Å². The second kappa shape index (κ2) is 3.55. The summed E-state index contributed by atoms with van der Waals surface area (Å²) in [6.45, 7) is 2.18. The van der Waals surface area contributed by atoms with E-state index >= 15 is 0 Å². The monoisotopic (exact) mass is 156 g/mol. The Kier molecular flexibility index (Phi) is 2.90. The van der Waals surface area contributed by atoms with Crippen molar-refractivity contribution in [2.75, 3.05) is 0 Å². The number of rotatable bonds is 2. The van der Waals surface area contributed by atoms with E-state index in [0.717, 1.165) is 25.7 Å². The van der Waals surface area contributed by atoms with E-state index in [-0.39, 0.29) is 11.6 Å². The fourth-order valence-corrected chi connectivity index (χ4v) is 2.07. The topological polar surface area (TPSA) is 52.0 Å². The van der Waals surface area contributed by atoms with Gasteiger partial charge in [-0.1, -0.05) is 26.2 Å². The van der Waals surface area contributed by atoms with E-state index in [0.29, 0.717) is 0 Å². The molecule has 0 saturated heterocycles. The van der Waals surface area contributed by atoms with Gasteiger partial charge in [0.2, 0.25) is 0 Å². The summed E-state index contributed by atoms with van der Waals surface area (Å²) in [7, 11) is 0. The lowest BCUT2D eigenvalue weighted by Gasteiger charge is -2.39. The average Bonchev–Trinajstić information content (AvgIpc) is 1.96. The summed E-state index contributed by atoms with van der Waals surface area (Å²) in [5.74, 6) is 0. The molecule has 1 rings (SSSR count). The van der Waals surface area contributed by atoms with E-state index in [1.54, 1.807) is 0 Å². The van der Waals surface area contributed by atoms with Gasteiger partial charge in [0.05, 0.1) is 0 Å². The Labute approximate surface area is 69.3 Å². The third-order valence-corrected chi connectivity index (χ3v) is 2.86. The van der Waals surface area contributed by atoms with Crippen LogP contribution in [-0.2, 0) is 0 Å². The van der Waals surface area contributed by atoms with E-state index in [4.69, 9.17) is 11.5 Å². The molecule has 0 aromatic rings. The molecular formula is C9H20N2. The summed E-state index contributed by atoms with van der Waals surface area (Å²) >= 11 is 0. The normalized spacial score (nSPS) is 39.0. The zero-order valence-electron chi connectivity index (χ0n) is 7.47. The summed E-state index contributed by atoms with van der Waals surface area (Å²) < 4.78 is 0. The molecule has 0 spiro atoms. The van der Waals surface area contributed by atoms with Crippen molar-refractivity contribution in [2.24, 2.45) is 11.5 Å². The number of hydrogen-bond donors (Lipinski definition) is 2. The van der Waals surface area contributed by atoms with Crippen molar-refractivity contribution in [1.29, 1.82) is 0 Å². The molecule has 2 nitrogen and oxygen atoms in total. The molecule has 4 N–H and O–H groups in total. The standard InChI is InChI=1S/C9H20N2/c1-2-6-9(11)7-4-3-5-8(9)10/h8H,2-7,10-11H2,1H3. The highest BCUT2D eigenvalue weighted by Gasteiger charge is 2.33. The maximum atomic E-state index is 6.19. The smallest absolute Gasteiger partial charge is 0.0307 e. The molecule has 0 bridgehead atoms. The molecule has 2 heteroatoms. The minimum Gasteiger partial charge on any atom is -0.326 e. The van der Waals surface area contributed by atoms with Crippen molar-refractivity contribution < 1.29 is 0 Å². The van der Waals surface area contributed by atoms with Crippen LogP contribution in [0.4, 0.5) is 0 Å². The summed E-state index contributed by atoms with van der Waals surface area (Å²) in [5.41, 5.74) is 12.1. The molecule has 1 saturated carbocycles. The van der Waals surface area contributed by atoms with Crippen LogP contribution in [0.25, 0.3) is 0 Å². The van der Waals surface area contributed by atoms with E-state index in [1.807, 2.05) is 0 Å². The summed E-state index contributed by atoms with van der Waals surface area (Å²) in [4.78, 5) is 0. The Morgan fingerprint density at radius 2 is 2.18 bits per heavy atom. The van der Waals surface area contributed by atoms with Gasteiger partial charge in [0.1, 0.15) is 0 Å². The number of hydrogen-bond acceptors (Lipinski definition) is 2. The van der Waals surface area contributed by atoms with Gasteiger partial charge in [0.25, 0.3) is 0 Å². The minimum atomic E-state index is -0.0347. The van der Waals surface area contributed by atoms with Gasteiger partial charge >= 0.3 is 0 Å². The first kappa shape index (κ1) is 9.01. The van der Waals surface area contributed by atoms with Crippen LogP contribution in [0.1, 0.15) is 45.4 Å². The van der Waals surface area contributed by atoms with E-state index in [2.05, 4.69) is 6.92 Å². The summed E-state index contributed by atoms with van der Waals surface area (Å²) in [5, 5.41) is 0. The Hall–Kier alpha value is -0.0800. The van der Waals surface area contributed by atoms with Gasteiger partial charge in [-0.15, -0.1) is 0 Å². The predicted molar refractivity (Wildman–Crippen MR) is 48.3 cm³/mol. The van der Waals surface area contributed by atoms with Crippen molar-refractivity contribution in [3.63, 3.8) is 0 Å². The van der Waals surface area contributed by atoms with E-state index < -0.39 is 0 Å². The summed E-state index contributed by atoms with van der Waals surface area (Å²) in [6.07, 6.45) is 7.03. The molecule has 0 aromatic heterocycles. The number of nitrogens with two attached hydrogens (primary N) is 2. The average molecular weight is 156 g/mol. The maximum absolute atomic E-state index is 6.19. The van der Waals surface area contributed by atoms with Gasteiger partial charge < -0.3 is 11.5 Å². The molecule has 2 unspecified atom stereocenters. The van der Waals surface area contributed by atoms with Crippen LogP contribution < -0.4 is 11.5 Å². The third kappa shape index (κ3) is 1.94. The molecule has 11 heavy (non-hydrogen) atoms. The quantitative estimate of drug-likeness (QED) is 0.634. The molecule has 0 radical (unpaired) electrons. The molecular weight excluding hydrogens is 136 g/mol. The third-order valence-electron chi connectivity index (χ3n) is 2.86. The fourth-order valence-electron chi connectivity index (χ4n) is 2.07. The van der Waals surface area contributed by atoms with E-state index in [9.17, 15) is 0 Å². The highest BCUT2D eigenvalue weighted by Crippen LogP contribution is 2.28. The Morgan fingerprint density at radius 1 is 1.45 bits per heavy atom. The molecule has 1 aliphatic rings. The highest BCUT2D eigenvalue weighted by atomic mass is 14.9. The van der Waals surface area contributed by atoms with Crippen molar-refractivity contribution in [3.8, 4) is 0 Å². The van der Waals surface area contributed by atoms with Crippen molar-refractivity contribution in [3.05, 3.63) is 0 Å². The molecule has 0 aromatic carbocycles. The molecule has 0 amide bonds. The van der Waals surface area contributed by atoms with Crippen molar-refractivity contribution in [1.82, 2.24) is 0 Å². The van der Waals surface area contributed by atoms with Gasteiger partial charge in [-0.25, -0.2) is 0 Å². The van der Waals surface area contributed by atoms with Crippen LogP contribution in [0, 0.1) is 0 Å². The Balaban J connectivity index is 2.49. The molecule has 66 valence electrons. The fraction of sp³-hybridized carbons (Fsp3) is 1.00.